The third-order valence-electron chi connectivity index (χ3n) is 6.19. The van der Waals surface area contributed by atoms with Gasteiger partial charge in [-0.3, -0.25) is 14.5 Å². The average molecular weight is 407 g/mol. The van der Waals surface area contributed by atoms with Gasteiger partial charge in [0.05, 0.1) is 12.6 Å². The monoisotopic (exact) mass is 406 g/mol. The number of carbonyl (C=O) groups excluding carboxylic acids is 2. The lowest BCUT2D eigenvalue weighted by atomic mass is 9.88. The molecule has 2 amide bonds. The molecule has 4 rings (SSSR count). The van der Waals surface area contributed by atoms with Crippen LogP contribution < -0.4 is 10.6 Å². The number of aromatic nitrogens is 1. The van der Waals surface area contributed by atoms with Crippen molar-refractivity contribution in [1.29, 1.82) is 0 Å². The lowest BCUT2D eigenvalue weighted by Gasteiger charge is -2.32. The van der Waals surface area contributed by atoms with Crippen LogP contribution in [0.4, 0.5) is 5.82 Å². The highest BCUT2D eigenvalue weighted by Crippen LogP contribution is 2.29. The van der Waals surface area contributed by atoms with Gasteiger partial charge in [0.25, 0.3) is 0 Å². The van der Waals surface area contributed by atoms with E-state index in [0.29, 0.717) is 12.4 Å². The van der Waals surface area contributed by atoms with Gasteiger partial charge in [-0.05, 0) is 74.9 Å². The number of hydrogen-bond donors (Lipinski definition) is 2. The van der Waals surface area contributed by atoms with E-state index in [1.54, 1.807) is 6.20 Å². The van der Waals surface area contributed by atoms with Gasteiger partial charge in [0.15, 0.2) is 0 Å². The lowest BCUT2D eigenvalue weighted by Crippen LogP contribution is -2.44. The lowest BCUT2D eigenvalue weighted by molar-refractivity contribution is -0.124. The minimum atomic E-state index is -0.0300. The molecule has 2 aliphatic rings. The number of nitrogens with one attached hydrogen (secondary N) is 2. The van der Waals surface area contributed by atoms with E-state index in [2.05, 4.69) is 38.7 Å². The van der Waals surface area contributed by atoms with Crippen LogP contribution in [-0.2, 0) is 16.0 Å². The number of pyridine rings is 1. The summed E-state index contributed by atoms with van der Waals surface area (Å²) in [6.45, 7) is 3.88. The van der Waals surface area contributed by atoms with Crippen LogP contribution in [0.25, 0.3) is 0 Å². The van der Waals surface area contributed by atoms with Crippen LogP contribution in [-0.4, -0.2) is 41.3 Å². The Labute approximate surface area is 178 Å². The zero-order valence-corrected chi connectivity index (χ0v) is 17.6. The number of fused-ring (bicyclic) bond motifs is 1. The van der Waals surface area contributed by atoms with Gasteiger partial charge in [0.1, 0.15) is 5.82 Å². The number of anilines is 1. The van der Waals surface area contributed by atoms with Crippen molar-refractivity contribution in [3.8, 4) is 0 Å². The Morgan fingerprint density at radius 3 is 2.67 bits per heavy atom. The second-order valence-corrected chi connectivity index (χ2v) is 8.47. The average Bonchev–Trinajstić information content (AvgIpc) is 2.76. The summed E-state index contributed by atoms with van der Waals surface area (Å²) in [5.41, 5.74) is 3.68. The van der Waals surface area contributed by atoms with E-state index in [0.717, 1.165) is 50.8 Å². The second kappa shape index (κ2) is 9.39. The second-order valence-electron chi connectivity index (χ2n) is 8.47. The third kappa shape index (κ3) is 5.05. The zero-order chi connectivity index (χ0) is 20.9. The van der Waals surface area contributed by atoms with Gasteiger partial charge in [-0.2, -0.15) is 0 Å². The minimum Gasteiger partial charge on any atom is -0.348 e. The van der Waals surface area contributed by atoms with Crippen LogP contribution in [0.3, 0.4) is 0 Å². The molecule has 1 fully saturated rings. The number of amides is 2. The predicted octanol–water partition coefficient (Wildman–Crippen LogP) is 3.23. The Balaban J connectivity index is 1.23. The summed E-state index contributed by atoms with van der Waals surface area (Å²) < 4.78 is 0. The van der Waals surface area contributed by atoms with Crippen LogP contribution >= 0.6 is 0 Å². The Bertz CT molecular complexity index is 888. The standard InChI is InChI=1S/C24H30N4O2/c1-17-9-10-22(25-15-17)27-24(30)19-11-13-28(14-12-19)16-23(29)26-21-8-4-6-18-5-2-3-7-20(18)21/h2-3,5,7,9-10,15,19,21H,4,6,8,11-14,16H2,1H3,(H,26,29)(H,25,27,30). The van der Waals surface area contributed by atoms with Crippen LogP contribution in [0.5, 0.6) is 0 Å². The van der Waals surface area contributed by atoms with E-state index in [4.69, 9.17) is 0 Å². The number of nitrogens with zero attached hydrogens (tertiary/aromatic N) is 2. The fourth-order valence-electron chi connectivity index (χ4n) is 4.47. The molecule has 30 heavy (non-hydrogen) atoms. The Hall–Kier alpha value is -2.73. The maximum Gasteiger partial charge on any atom is 0.234 e. The van der Waals surface area contributed by atoms with Gasteiger partial charge in [-0.1, -0.05) is 30.3 Å². The summed E-state index contributed by atoms with van der Waals surface area (Å²) >= 11 is 0. The summed E-state index contributed by atoms with van der Waals surface area (Å²) in [6, 6.07) is 12.3. The van der Waals surface area contributed by atoms with Gasteiger partial charge in [0, 0.05) is 12.1 Å². The van der Waals surface area contributed by atoms with E-state index < -0.39 is 0 Å². The molecule has 0 bridgehead atoms. The van der Waals surface area contributed by atoms with E-state index in [1.165, 1.54) is 11.1 Å². The highest BCUT2D eigenvalue weighted by Gasteiger charge is 2.27. The van der Waals surface area contributed by atoms with Gasteiger partial charge in [-0.25, -0.2) is 4.98 Å². The Kier molecular flexibility index (Phi) is 6.43. The first-order valence-corrected chi connectivity index (χ1v) is 10.9. The summed E-state index contributed by atoms with van der Waals surface area (Å²) in [6.07, 6.45) is 6.47. The van der Waals surface area contributed by atoms with Crippen molar-refractivity contribution in [3.05, 3.63) is 59.3 Å². The third-order valence-corrected chi connectivity index (χ3v) is 6.19. The SMILES string of the molecule is Cc1ccc(NC(=O)C2CCN(CC(=O)NC3CCCc4ccccc43)CC2)nc1. The molecule has 1 atom stereocenters. The maximum absolute atomic E-state index is 12.6. The quantitative estimate of drug-likeness (QED) is 0.800. The van der Waals surface area contributed by atoms with Gasteiger partial charge in [-0.15, -0.1) is 0 Å². The molecule has 0 saturated carbocycles. The first-order chi connectivity index (χ1) is 14.6. The predicted molar refractivity (Wildman–Crippen MR) is 117 cm³/mol. The number of likely N-dealkylation sites (tertiary alicyclic amines) is 1. The Morgan fingerprint density at radius 1 is 1.10 bits per heavy atom. The fraction of sp³-hybridized carbons (Fsp3) is 0.458. The molecule has 0 spiro atoms. The van der Waals surface area contributed by atoms with Crippen molar-refractivity contribution in [3.63, 3.8) is 0 Å². The van der Waals surface area contributed by atoms with Crippen LogP contribution in [0, 0.1) is 12.8 Å². The van der Waals surface area contributed by atoms with Gasteiger partial charge < -0.3 is 10.6 Å². The van der Waals surface area contributed by atoms with Crippen molar-refractivity contribution in [2.24, 2.45) is 5.92 Å². The minimum absolute atomic E-state index is 0.0225. The van der Waals surface area contributed by atoms with Crippen LogP contribution in [0.2, 0.25) is 0 Å². The van der Waals surface area contributed by atoms with Crippen LogP contribution in [0.1, 0.15) is 48.4 Å². The van der Waals surface area contributed by atoms with Crippen molar-refractivity contribution in [1.82, 2.24) is 15.2 Å². The number of benzene rings is 1. The molecule has 1 unspecified atom stereocenters. The van der Waals surface area contributed by atoms with Crippen molar-refractivity contribution >= 4 is 17.6 Å². The van der Waals surface area contributed by atoms with Crippen molar-refractivity contribution < 1.29 is 9.59 Å². The number of aryl methyl sites for hydroxylation is 2. The van der Waals surface area contributed by atoms with Crippen LogP contribution in [0.15, 0.2) is 42.6 Å². The van der Waals surface area contributed by atoms with Gasteiger partial charge in [0.2, 0.25) is 11.8 Å². The number of hydrogen-bond acceptors (Lipinski definition) is 4. The molecule has 6 heteroatoms. The van der Waals surface area contributed by atoms with E-state index >= 15 is 0 Å². The molecule has 1 aromatic heterocycles. The fourth-order valence-corrected chi connectivity index (χ4v) is 4.47. The number of piperidine rings is 1. The topological polar surface area (TPSA) is 74.3 Å². The summed E-state index contributed by atoms with van der Waals surface area (Å²) in [7, 11) is 0. The summed E-state index contributed by atoms with van der Waals surface area (Å²) in [5, 5.41) is 6.14. The Morgan fingerprint density at radius 2 is 1.90 bits per heavy atom. The molecule has 1 aliphatic heterocycles. The first-order valence-electron chi connectivity index (χ1n) is 10.9. The highest BCUT2D eigenvalue weighted by atomic mass is 16.2. The normalized spacial score (nSPS) is 19.7. The van der Waals surface area contributed by atoms with Gasteiger partial charge >= 0.3 is 0 Å². The molecular formula is C24H30N4O2. The smallest absolute Gasteiger partial charge is 0.234 e. The van der Waals surface area contributed by atoms with E-state index in [9.17, 15) is 9.59 Å². The molecule has 1 aliphatic carbocycles. The molecule has 2 N–H and O–H groups in total. The van der Waals surface area contributed by atoms with Crippen molar-refractivity contribution in [2.75, 3.05) is 25.0 Å². The van der Waals surface area contributed by atoms with E-state index in [1.807, 2.05) is 25.1 Å². The first kappa shape index (κ1) is 20.5. The molecule has 158 valence electrons. The maximum atomic E-state index is 12.6. The molecule has 6 nitrogen and oxygen atoms in total. The summed E-state index contributed by atoms with van der Waals surface area (Å²) in [4.78, 5) is 31.5. The largest absolute Gasteiger partial charge is 0.348 e. The molecule has 1 aromatic carbocycles. The van der Waals surface area contributed by atoms with Crippen molar-refractivity contribution in [2.45, 2.75) is 45.1 Å². The zero-order valence-electron chi connectivity index (χ0n) is 17.6. The molecule has 2 heterocycles. The summed E-state index contributed by atoms with van der Waals surface area (Å²) in [5.74, 6) is 0.663. The number of carbonyl (C=O) groups is 2. The highest BCUT2D eigenvalue weighted by molar-refractivity contribution is 5.91. The van der Waals surface area contributed by atoms with E-state index in [-0.39, 0.29) is 23.8 Å². The molecular weight excluding hydrogens is 376 g/mol. The number of rotatable bonds is 5. The molecule has 0 radical (unpaired) electrons. The molecule has 2 aromatic rings. The molecule has 1 saturated heterocycles.